The lowest BCUT2D eigenvalue weighted by molar-refractivity contribution is 0.230. The second-order valence-electron chi connectivity index (χ2n) is 4.76. The summed E-state index contributed by atoms with van der Waals surface area (Å²) in [5.41, 5.74) is 6.67. The Labute approximate surface area is 111 Å². The molecule has 2 heterocycles. The smallest absolute Gasteiger partial charge is 0.233 e. The topological polar surface area (TPSA) is 74.2 Å². The lowest BCUT2D eigenvalue weighted by Gasteiger charge is -2.22. The largest absolute Gasteiger partial charge is 0.492 e. The Bertz CT molecular complexity index is 553. The Kier molecular flexibility index (Phi) is 3.46. The average Bonchev–Trinajstić information content (AvgIpc) is 2.93. The van der Waals surface area contributed by atoms with Crippen LogP contribution in [0.25, 0.3) is 0 Å². The normalized spacial score (nSPS) is 17.8. The van der Waals surface area contributed by atoms with Crippen LogP contribution >= 0.6 is 0 Å². The summed E-state index contributed by atoms with van der Waals surface area (Å²) in [6.45, 7) is 1.24. The third-order valence-corrected chi connectivity index (χ3v) is 3.32. The van der Waals surface area contributed by atoms with E-state index in [2.05, 4.69) is 16.2 Å². The first-order valence-electron chi connectivity index (χ1n) is 6.60. The lowest BCUT2D eigenvalue weighted by atomic mass is 9.97. The summed E-state index contributed by atoms with van der Waals surface area (Å²) in [6.07, 6.45) is 2.53. The second kappa shape index (κ2) is 5.40. The van der Waals surface area contributed by atoms with Crippen molar-refractivity contribution in [1.29, 1.82) is 0 Å². The molecular weight excluding hydrogens is 242 g/mol. The van der Waals surface area contributed by atoms with Gasteiger partial charge in [0.2, 0.25) is 5.89 Å². The lowest BCUT2D eigenvalue weighted by Crippen LogP contribution is -2.19. The van der Waals surface area contributed by atoms with Crippen LogP contribution in [0, 0.1) is 0 Å². The molecular formula is C14H17N3O2. The maximum Gasteiger partial charge on any atom is 0.233 e. The van der Waals surface area contributed by atoms with E-state index in [4.69, 9.17) is 15.0 Å². The first-order valence-corrected chi connectivity index (χ1v) is 6.60. The van der Waals surface area contributed by atoms with Crippen molar-refractivity contribution in [3.05, 3.63) is 41.5 Å². The molecule has 1 unspecified atom stereocenters. The van der Waals surface area contributed by atoms with E-state index in [9.17, 15) is 0 Å². The second-order valence-corrected chi connectivity index (χ2v) is 4.76. The Hall–Kier alpha value is -1.88. The first kappa shape index (κ1) is 12.2. The van der Waals surface area contributed by atoms with E-state index in [1.54, 1.807) is 0 Å². The highest BCUT2D eigenvalue weighted by Crippen LogP contribution is 2.31. The molecule has 1 aromatic carbocycles. The molecule has 5 nitrogen and oxygen atoms in total. The molecule has 100 valence electrons. The number of hydrogen-bond acceptors (Lipinski definition) is 5. The molecule has 0 bridgehead atoms. The third kappa shape index (κ3) is 2.61. The van der Waals surface area contributed by atoms with Gasteiger partial charge in [-0.2, -0.15) is 4.98 Å². The summed E-state index contributed by atoms with van der Waals surface area (Å²) >= 11 is 0. The zero-order chi connectivity index (χ0) is 13.1. The molecule has 3 rings (SSSR count). The summed E-state index contributed by atoms with van der Waals surface area (Å²) in [5, 5.41) is 3.99. The summed E-state index contributed by atoms with van der Waals surface area (Å²) in [4.78, 5) is 4.43. The predicted molar refractivity (Wildman–Crippen MR) is 70.1 cm³/mol. The Morgan fingerprint density at radius 2 is 2.21 bits per heavy atom. The van der Waals surface area contributed by atoms with Gasteiger partial charge < -0.3 is 15.0 Å². The molecule has 5 heteroatoms. The van der Waals surface area contributed by atoms with Crippen LogP contribution in [0.5, 0.6) is 5.75 Å². The van der Waals surface area contributed by atoms with Gasteiger partial charge in [0.15, 0.2) is 5.82 Å². The van der Waals surface area contributed by atoms with Gasteiger partial charge in [-0.15, -0.1) is 0 Å². The quantitative estimate of drug-likeness (QED) is 0.904. The van der Waals surface area contributed by atoms with Crippen molar-refractivity contribution >= 4 is 0 Å². The molecule has 1 aliphatic rings. The minimum absolute atomic E-state index is 0.147. The number of aromatic nitrogens is 2. The van der Waals surface area contributed by atoms with Crippen molar-refractivity contribution in [3.63, 3.8) is 0 Å². The number of para-hydroxylation sites is 1. The zero-order valence-electron chi connectivity index (χ0n) is 10.7. The number of nitrogens with two attached hydrogens (primary N) is 1. The Morgan fingerprint density at radius 1 is 1.32 bits per heavy atom. The van der Waals surface area contributed by atoms with E-state index in [1.807, 2.05) is 18.2 Å². The van der Waals surface area contributed by atoms with Crippen molar-refractivity contribution in [2.24, 2.45) is 5.73 Å². The van der Waals surface area contributed by atoms with Crippen LogP contribution in [0.15, 0.2) is 28.8 Å². The van der Waals surface area contributed by atoms with E-state index in [1.165, 1.54) is 5.56 Å². The third-order valence-electron chi connectivity index (χ3n) is 3.32. The molecule has 0 fully saturated rings. The Morgan fingerprint density at radius 3 is 3.11 bits per heavy atom. The van der Waals surface area contributed by atoms with Gasteiger partial charge in [0.05, 0.1) is 5.92 Å². The molecule has 0 saturated heterocycles. The standard InChI is InChI=1S/C14H17N3O2/c15-7-3-6-13-16-14(19-17-13)11-8-10-4-1-2-5-12(10)18-9-11/h1-2,4-5,11H,3,6-9,15H2. The van der Waals surface area contributed by atoms with E-state index in [0.29, 0.717) is 19.0 Å². The predicted octanol–water partition coefficient (Wildman–Crippen LogP) is 1.68. The average molecular weight is 259 g/mol. The molecule has 0 spiro atoms. The maximum atomic E-state index is 5.73. The van der Waals surface area contributed by atoms with Crippen molar-refractivity contribution in [2.75, 3.05) is 13.2 Å². The molecule has 0 aliphatic carbocycles. The summed E-state index contributed by atoms with van der Waals surface area (Å²) in [6, 6.07) is 8.07. The van der Waals surface area contributed by atoms with Crippen LogP contribution in [0.1, 0.15) is 29.6 Å². The van der Waals surface area contributed by atoms with Crippen LogP contribution in [0.3, 0.4) is 0 Å². The fourth-order valence-corrected chi connectivity index (χ4v) is 2.28. The number of hydrogen-bond donors (Lipinski definition) is 1. The van der Waals surface area contributed by atoms with Crippen LogP contribution in [-0.2, 0) is 12.8 Å². The van der Waals surface area contributed by atoms with Gasteiger partial charge in [-0.25, -0.2) is 0 Å². The SMILES string of the molecule is NCCCc1noc(C2COc3ccccc3C2)n1. The van der Waals surface area contributed by atoms with Crippen molar-refractivity contribution < 1.29 is 9.26 Å². The van der Waals surface area contributed by atoms with Crippen molar-refractivity contribution in [1.82, 2.24) is 10.1 Å². The number of nitrogens with zero attached hydrogens (tertiary/aromatic N) is 2. The molecule has 2 N–H and O–H groups in total. The van der Waals surface area contributed by atoms with Gasteiger partial charge in [0.25, 0.3) is 0 Å². The molecule has 1 aliphatic heterocycles. The number of ether oxygens (including phenoxy) is 1. The monoisotopic (exact) mass is 259 g/mol. The van der Waals surface area contributed by atoms with Gasteiger partial charge >= 0.3 is 0 Å². The zero-order valence-corrected chi connectivity index (χ0v) is 10.7. The van der Waals surface area contributed by atoms with Crippen LogP contribution in [-0.4, -0.2) is 23.3 Å². The summed E-state index contributed by atoms with van der Waals surface area (Å²) in [5.74, 6) is 2.51. The molecule has 1 atom stereocenters. The van der Waals surface area contributed by atoms with Crippen LogP contribution in [0.4, 0.5) is 0 Å². The van der Waals surface area contributed by atoms with Gasteiger partial charge in [-0.05, 0) is 31.0 Å². The molecule has 2 aromatic rings. The fraction of sp³-hybridized carbons (Fsp3) is 0.429. The highest BCUT2D eigenvalue weighted by molar-refractivity contribution is 5.36. The number of aryl methyl sites for hydroxylation is 1. The number of fused-ring (bicyclic) bond motifs is 1. The molecule has 1 aromatic heterocycles. The highest BCUT2D eigenvalue weighted by Gasteiger charge is 2.25. The van der Waals surface area contributed by atoms with Gasteiger partial charge in [-0.3, -0.25) is 0 Å². The van der Waals surface area contributed by atoms with Crippen molar-refractivity contribution in [2.45, 2.75) is 25.2 Å². The number of rotatable bonds is 4. The number of benzene rings is 1. The minimum Gasteiger partial charge on any atom is -0.492 e. The van der Waals surface area contributed by atoms with E-state index >= 15 is 0 Å². The molecule has 19 heavy (non-hydrogen) atoms. The molecule has 0 saturated carbocycles. The van der Waals surface area contributed by atoms with Gasteiger partial charge in [0.1, 0.15) is 12.4 Å². The van der Waals surface area contributed by atoms with Crippen LogP contribution < -0.4 is 10.5 Å². The molecule has 0 amide bonds. The van der Waals surface area contributed by atoms with E-state index in [-0.39, 0.29) is 5.92 Å². The van der Waals surface area contributed by atoms with Gasteiger partial charge in [-0.1, -0.05) is 23.4 Å². The van der Waals surface area contributed by atoms with Gasteiger partial charge in [0, 0.05) is 6.42 Å². The van der Waals surface area contributed by atoms with Crippen LogP contribution in [0.2, 0.25) is 0 Å². The van der Waals surface area contributed by atoms with E-state index in [0.717, 1.165) is 30.8 Å². The van der Waals surface area contributed by atoms with E-state index < -0.39 is 0 Å². The van der Waals surface area contributed by atoms with Crippen molar-refractivity contribution in [3.8, 4) is 5.75 Å². The highest BCUT2D eigenvalue weighted by atomic mass is 16.5. The molecule has 0 radical (unpaired) electrons. The summed E-state index contributed by atoms with van der Waals surface area (Å²) in [7, 11) is 0. The maximum absolute atomic E-state index is 5.73. The summed E-state index contributed by atoms with van der Waals surface area (Å²) < 4.78 is 11.1. The minimum atomic E-state index is 0.147. The first-order chi connectivity index (χ1) is 9.36. The fourth-order valence-electron chi connectivity index (χ4n) is 2.28. The Balaban J connectivity index is 1.72.